The molecule has 0 spiro atoms. The molecule has 1 fully saturated rings. The van der Waals surface area contributed by atoms with E-state index in [0.717, 1.165) is 12.8 Å². The van der Waals surface area contributed by atoms with Crippen molar-refractivity contribution in [3.8, 4) is 0 Å². The van der Waals surface area contributed by atoms with Crippen LogP contribution in [-0.2, 0) is 4.74 Å². The lowest BCUT2D eigenvalue weighted by molar-refractivity contribution is -0.0769. The molecular formula is C10H21NO2. The molecule has 3 heteroatoms. The molecule has 2 atom stereocenters. The Morgan fingerprint density at radius 1 is 1.62 bits per heavy atom. The van der Waals surface area contributed by atoms with E-state index in [9.17, 15) is 0 Å². The van der Waals surface area contributed by atoms with E-state index >= 15 is 0 Å². The third-order valence-electron chi connectivity index (χ3n) is 3.22. The van der Waals surface area contributed by atoms with Crippen LogP contribution in [-0.4, -0.2) is 30.5 Å². The molecule has 2 unspecified atom stereocenters. The predicted molar refractivity (Wildman–Crippen MR) is 52.5 cm³/mol. The molecule has 78 valence electrons. The Balaban J connectivity index is 2.55. The minimum Gasteiger partial charge on any atom is -0.394 e. The van der Waals surface area contributed by atoms with Gasteiger partial charge < -0.3 is 15.6 Å². The van der Waals surface area contributed by atoms with Crippen LogP contribution in [0.2, 0.25) is 0 Å². The Morgan fingerprint density at radius 3 is 2.92 bits per heavy atom. The van der Waals surface area contributed by atoms with Crippen LogP contribution < -0.4 is 5.73 Å². The van der Waals surface area contributed by atoms with Gasteiger partial charge in [0.25, 0.3) is 0 Å². The molecule has 0 bridgehead atoms. The van der Waals surface area contributed by atoms with Crippen molar-refractivity contribution in [1.82, 2.24) is 0 Å². The summed E-state index contributed by atoms with van der Waals surface area (Å²) >= 11 is 0. The SMILES string of the molecule is CCC1CCCC1(CN)OCCO. The number of nitrogens with two attached hydrogens (primary N) is 1. The van der Waals surface area contributed by atoms with Gasteiger partial charge in [0.15, 0.2) is 0 Å². The van der Waals surface area contributed by atoms with Crippen LogP contribution >= 0.6 is 0 Å². The maximum absolute atomic E-state index is 8.73. The Morgan fingerprint density at radius 2 is 2.38 bits per heavy atom. The van der Waals surface area contributed by atoms with E-state index < -0.39 is 0 Å². The van der Waals surface area contributed by atoms with Gasteiger partial charge >= 0.3 is 0 Å². The van der Waals surface area contributed by atoms with Crippen molar-refractivity contribution in [2.75, 3.05) is 19.8 Å². The van der Waals surface area contributed by atoms with E-state index in [4.69, 9.17) is 15.6 Å². The fourth-order valence-electron chi connectivity index (χ4n) is 2.46. The van der Waals surface area contributed by atoms with Crippen LogP contribution in [0.15, 0.2) is 0 Å². The zero-order valence-corrected chi connectivity index (χ0v) is 8.46. The van der Waals surface area contributed by atoms with Gasteiger partial charge in [-0.1, -0.05) is 19.8 Å². The molecule has 0 aromatic heterocycles. The predicted octanol–water partition coefficient (Wildman–Crippen LogP) is 0.903. The van der Waals surface area contributed by atoms with Crippen LogP contribution in [0.3, 0.4) is 0 Å². The molecule has 0 aromatic carbocycles. The maximum atomic E-state index is 8.73. The van der Waals surface area contributed by atoms with Crippen molar-refractivity contribution in [1.29, 1.82) is 0 Å². The summed E-state index contributed by atoms with van der Waals surface area (Å²) in [4.78, 5) is 0. The number of aliphatic hydroxyl groups excluding tert-OH is 1. The van der Waals surface area contributed by atoms with Crippen molar-refractivity contribution >= 4 is 0 Å². The summed E-state index contributed by atoms with van der Waals surface area (Å²) < 4.78 is 5.72. The maximum Gasteiger partial charge on any atom is 0.0833 e. The highest BCUT2D eigenvalue weighted by Crippen LogP contribution is 2.39. The molecule has 1 aliphatic carbocycles. The van der Waals surface area contributed by atoms with E-state index in [1.54, 1.807) is 0 Å². The quantitative estimate of drug-likeness (QED) is 0.672. The molecular weight excluding hydrogens is 166 g/mol. The van der Waals surface area contributed by atoms with Crippen molar-refractivity contribution < 1.29 is 9.84 Å². The highest BCUT2D eigenvalue weighted by molar-refractivity contribution is 4.94. The van der Waals surface area contributed by atoms with Crippen molar-refractivity contribution in [2.45, 2.75) is 38.2 Å². The van der Waals surface area contributed by atoms with Crippen molar-refractivity contribution in [2.24, 2.45) is 11.7 Å². The lowest BCUT2D eigenvalue weighted by atomic mass is 9.88. The normalized spacial score (nSPS) is 33.9. The Kier molecular flexibility index (Phi) is 4.16. The van der Waals surface area contributed by atoms with Gasteiger partial charge in [0.1, 0.15) is 0 Å². The minimum absolute atomic E-state index is 0.0954. The third kappa shape index (κ3) is 2.22. The lowest BCUT2D eigenvalue weighted by Gasteiger charge is -2.33. The molecule has 3 N–H and O–H groups in total. The van der Waals surface area contributed by atoms with Gasteiger partial charge in [-0.05, 0) is 18.8 Å². The molecule has 3 nitrogen and oxygen atoms in total. The van der Waals surface area contributed by atoms with Crippen LogP contribution in [0.5, 0.6) is 0 Å². The van der Waals surface area contributed by atoms with Gasteiger partial charge in [0.05, 0.1) is 18.8 Å². The molecule has 13 heavy (non-hydrogen) atoms. The second-order valence-electron chi connectivity index (χ2n) is 3.84. The first kappa shape index (κ1) is 11.0. The van der Waals surface area contributed by atoms with Crippen LogP contribution in [0, 0.1) is 5.92 Å². The summed E-state index contributed by atoms with van der Waals surface area (Å²) in [5, 5.41) is 8.73. The molecule has 1 saturated carbocycles. The summed E-state index contributed by atoms with van der Waals surface area (Å²) in [6.45, 7) is 3.29. The zero-order chi connectivity index (χ0) is 9.73. The Bertz CT molecular complexity index is 152. The average molecular weight is 187 g/mol. The average Bonchev–Trinajstić information content (AvgIpc) is 2.58. The molecule has 0 saturated heterocycles. The van der Waals surface area contributed by atoms with Crippen molar-refractivity contribution in [3.05, 3.63) is 0 Å². The fraction of sp³-hybridized carbons (Fsp3) is 1.00. The standard InChI is InChI=1S/C10H21NO2/c1-2-9-4-3-5-10(9,8-11)13-7-6-12/h9,12H,2-8,11H2,1H3. The highest BCUT2D eigenvalue weighted by Gasteiger charge is 2.41. The second kappa shape index (κ2) is 4.94. The second-order valence-corrected chi connectivity index (χ2v) is 3.84. The van der Waals surface area contributed by atoms with Crippen LogP contribution in [0.4, 0.5) is 0 Å². The van der Waals surface area contributed by atoms with E-state index in [1.807, 2.05) is 0 Å². The smallest absolute Gasteiger partial charge is 0.0833 e. The molecule has 0 aliphatic heterocycles. The third-order valence-corrected chi connectivity index (χ3v) is 3.22. The first-order valence-corrected chi connectivity index (χ1v) is 5.24. The molecule has 0 radical (unpaired) electrons. The number of hydrogen-bond acceptors (Lipinski definition) is 3. The summed E-state index contributed by atoms with van der Waals surface area (Å²) in [6, 6.07) is 0. The number of rotatable bonds is 5. The van der Waals surface area contributed by atoms with E-state index in [2.05, 4.69) is 6.92 Å². The van der Waals surface area contributed by atoms with E-state index in [1.165, 1.54) is 12.8 Å². The molecule has 0 aromatic rings. The van der Waals surface area contributed by atoms with E-state index in [-0.39, 0.29) is 12.2 Å². The van der Waals surface area contributed by atoms with Gasteiger partial charge in [-0.25, -0.2) is 0 Å². The summed E-state index contributed by atoms with van der Waals surface area (Å²) in [5.74, 6) is 0.587. The summed E-state index contributed by atoms with van der Waals surface area (Å²) in [6.07, 6.45) is 4.62. The van der Waals surface area contributed by atoms with Gasteiger partial charge in [0, 0.05) is 6.54 Å². The highest BCUT2D eigenvalue weighted by atomic mass is 16.5. The van der Waals surface area contributed by atoms with E-state index in [0.29, 0.717) is 19.1 Å². The minimum atomic E-state index is -0.127. The van der Waals surface area contributed by atoms with Gasteiger partial charge in [-0.2, -0.15) is 0 Å². The van der Waals surface area contributed by atoms with Gasteiger partial charge in [-0.15, -0.1) is 0 Å². The van der Waals surface area contributed by atoms with Crippen LogP contribution in [0.25, 0.3) is 0 Å². The lowest BCUT2D eigenvalue weighted by Crippen LogP contribution is -2.44. The fourth-order valence-corrected chi connectivity index (χ4v) is 2.46. The zero-order valence-electron chi connectivity index (χ0n) is 8.46. The number of ether oxygens (including phenoxy) is 1. The molecule has 0 heterocycles. The van der Waals surface area contributed by atoms with Gasteiger partial charge in [-0.3, -0.25) is 0 Å². The Labute approximate surface area is 80.3 Å². The first-order valence-electron chi connectivity index (χ1n) is 5.24. The van der Waals surface area contributed by atoms with Crippen LogP contribution in [0.1, 0.15) is 32.6 Å². The summed E-state index contributed by atoms with van der Waals surface area (Å²) in [7, 11) is 0. The van der Waals surface area contributed by atoms with Gasteiger partial charge in [0.2, 0.25) is 0 Å². The Hall–Kier alpha value is -0.120. The number of aliphatic hydroxyl groups is 1. The molecule has 0 amide bonds. The first-order chi connectivity index (χ1) is 6.29. The molecule has 1 rings (SSSR count). The number of hydrogen-bond donors (Lipinski definition) is 2. The summed E-state index contributed by atoms with van der Waals surface area (Å²) in [5.41, 5.74) is 5.64. The van der Waals surface area contributed by atoms with Crippen molar-refractivity contribution in [3.63, 3.8) is 0 Å². The topological polar surface area (TPSA) is 55.5 Å². The largest absolute Gasteiger partial charge is 0.394 e. The monoisotopic (exact) mass is 187 g/mol. The molecule has 1 aliphatic rings.